The fourth-order valence-electron chi connectivity index (χ4n) is 1.81. The first kappa shape index (κ1) is 14.5. The molecular weight excluding hydrogens is 260 g/mol. The lowest BCUT2D eigenvalue weighted by Crippen LogP contribution is -2.35. The van der Waals surface area contributed by atoms with Gasteiger partial charge < -0.3 is 9.64 Å². The minimum atomic E-state index is -0.470. The highest BCUT2D eigenvalue weighted by Crippen LogP contribution is 2.13. The molecule has 1 fully saturated rings. The third kappa shape index (κ3) is 4.36. The Morgan fingerprint density at radius 2 is 2.30 bits per heavy atom. The summed E-state index contributed by atoms with van der Waals surface area (Å²) in [6.45, 7) is 0.667. The number of carbonyl (C=O) groups excluding carboxylic acids is 1. The zero-order valence-electron chi connectivity index (χ0n) is 11.8. The molecule has 0 unspecified atom stereocenters. The average Bonchev–Trinajstić information content (AvgIpc) is 2.46. The Balaban J connectivity index is 1.80. The smallest absolute Gasteiger partial charge is 0.344 e. The fraction of sp³-hybridized carbons (Fsp3) is 0.538. The highest BCUT2D eigenvalue weighted by atomic mass is 16.8. The number of anilines is 2. The van der Waals surface area contributed by atoms with Crippen LogP contribution in [0.1, 0.15) is 19.3 Å². The van der Waals surface area contributed by atoms with Gasteiger partial charge in [0.1, 0.15) is 11.6 Å². The van der Waals surface area contributed by atoms with Crippen molar-refractivity contribution in [2.75, 3.05) is 30.9 Å². The molecule has 0 radical (unpaired) electrons. The van der Waals surface area contributed by atoms with Crippen molar-refractivity contribution in [3.8, 4) is 0 Å². The molecule has 0 bridgehead atoms. The number of nitrogens with one attached hydrogen (secondary N) is 2. The van der Waals surface area contributed by atoms with Gasteiger partial charge in [-0.2, -0.15) is 0 Å². The molecule has 2 heterocycles. The van der Waals surface area contributed by atoms with Crippen LogP contribution in [0.15, 0.2) is 18.2 Å². The molecule has 110 valence electrons. The van der Waals surface area contributed by atoms with Gasteiger partial charge in [0.25, 0.3) is 0 Å². The first-order valence-corrected chi connectivity index (χ1v) is 6.64. The van der Waals surface area contributed by atoms with Crippen molar-refractivity contribution in [3.63, 3.8) is 0 Å². The maximum absolute atomic E-state index is 11.7. The number of hydroxylamine groups is 1. The Labute approximate surface area is 118 Å². The lowest BCUT2D eigenvalue weighted by molar-refractivity contribution is -0.185. The van der Waals surface area contributed by atoms with Crippen molar-refractivity contribution in [2.45, 2.75) is 25.6 Å². The predicted octanol–water partition coefficient (Wildman–Crippen LogP) is 1.73. The topological polar surface area (TPSA) is 75.7 Å². The molecule has 0 aliphatic carbocycles. The normalized spacial score (nSPS) is 18.4. The summed E-state index contributed by atoms with van der Waals surface area (Å²) in [5, 5.41) is 2.61. The van der Waals surface area contributed by atoms with Gasteiger partial charge in [0.05, 0.1) is 0 Å². The van der Waals surface area contributed by atoms with E-state index in [9.17, 15) is 4.79 Å². The van der Waals surface area contributed by atoms with E-state index in [2.05, 4.69) is 15.8 Å². The molecule has 2 N–H and O–H groups in total. The molecule has 1 aromatic rings. The zero-order chi connectivity index (χ0) is 14.4. The number of urea groups is 1. The van der Waals surface area contributed by atoms with Crippen LogP contribution in [0.3, 0.4) is 0 Å². The van der Waals surface area contributed by atoms with Gasteiger partial charge in [0, 0.05) is 27.1 Å². The third-order valence-corrected chi connectivity index (χ3v) is 2.86. The van der Waals surface area contributed by atoms with E-state index in [1.54, 1.807) is 6.07 Å². The van der Waals surface area contributed by atoms with E-state index >= 15 is 0 Å². The van der Waals surface area contributed by atoms with Crippen molar-refractivity contribution in [2.24, 2.45) is 0 Å². The SMILES string of the molecule is CN(C)c1cccc(NC(=O)NO[C@@H]2CCCCO2)n1. The second kappa shape index (κ2) is 7.06. The lowest BCUT2D eigenvalue weighted by atomic mass is 10.2. The fourth-order valence-corrected chi connectivity index (χ4v) is 1.81. The lowest BCUT2D eigenvalue weighted by Gasteiger charge is -2.22. The highest BCUT2D eigenvalue weighted by molar-refractivity contribution is 5.87. The molecule has 1 aliphatic rings. The molecule has 0 aromatic carbocycles. The first-order chi connectivity index (χ1) is 9.65. The number of carbonyl (C=O) groups is 1. The largest absolute Gasteiger partial charge is 0.363 e. The van der Waals surface area contributed by atoms with Crippen LogP contribution in [0.2, 0.25) is 0 Å². The van der Waals surface area contributed by atoms with E-state index in [0.29, 0.717) is 12.4 Å². The average molecular weight is 280 g/mol. The van der Waals surface area contributed by atoms with Crippen LogP contribution in [-0.2, 0) is 9.57 Å². The number of nitrogens with zero attached hydrogens (tertiary/aromatic N) is 2. The Morgan fingerprint density at radius 3 is 3.00 bits per heavy atom. The van der Waals surface area contributed by atoms with Gasteiger partial charge in [-0.15, -0.1) is 0 Å². The quantitative estimate of drug-likeness (QED) is 0.821. The maximum Gasteiger partial charge on any atom is 0.344 e. The number of amides is 2. The summed E-state index contributed by atoms with van der Waals surface area (Å²) in [6, 6.07) is 4.92. The highest BCUT2D eigenvalue weighted by Gasteiger charge is 2.15. The van der Waals surface area contributed by atoms with Crippen LogP contribution >= 0.6 is 0 Å². The van der Waals surface area contributed by atoms with Crippen molar-refractivity contribution < 1.29 is 14.4 Å². The van der Waals surface area contributed by atoms with Crippen LogP contribution in [-0.4, -0.2) is 38.0 Å². The Hall–Kier alpha value is -1.86. The third-order valence-electron chi connectivity index (χ3n) is 2.86. The first-order valence-electron chi connectivity index (χ1n) is 6.64. The minimum absolute atomic E-state index is 0.365. The van der Waals surface area contributed by atoms with Crippen molar-refractivity contribution in [1.82, 2.24) is 10.5 Å². The number of aromatic nitrogens is 1. The summed E-state index contributed by atoms with van der Waals surface area (Å²) in [7, 11) is 3.77. The number of rotatable bonds is 4. The predicted molar refractivity (Wildman–Crippen MR) is 75.4 cm³/mol. The molecule has 7 heteroatoms. The number of hydrogen-bond acceptors (Lipinski definition) is 5. The molecule has 2 rings (SSSR count). The van der Waals surface area contributed by atoms with Gasteiger partial charge >= 0.3 is 6.03 Å². The van der Waals surface area contributed by atoms with Gasteiger partial charge in [0.2, 0.25) is 0 Å². The van der Waals surface area contributed by atoms with Gasteiger partial charge in [-0.3, -0.25) is 5.32 Å². The molecule has 1 atom stereocenters. The Morgan fingerprint density at radius 1 is 1.45 bits per heavy atom. The second-order valence-electron chi connectivity index (χ2n) is 4.75. The summed E-state index contributed by atoms with van der Waals surface area (Å²) in [4.78, 5) is 23.0. The number of ether oxygens (including phenoxy) is 1. The van der Waals surface area contributed by atoms with Crippen LogP contribution in [0, 0.1) is 0 Å². The van der Waals surface area contributed by atoms with E-state index in [-0.39, 0.29) is 6.29 Å². The molecule has 7 nitrogen and oxygen atoms in total. The molecule has 2 amide bonds. The van der Waals surface area contributed by atoms with Crippen LogP contribution in [0.5, 0.6) is 0 Å². The van der Waals surface area contributed by atoms with Gasteiger partial charge in [0.15, 0.2) is 6.29 Å². The molecule has 0 saturated carbocycles. The maximum atomic E-state index is 11.7. The van der Waals surface area contributed by atoms with Gasteiger partial charge in [-0.1, -0.05) is 6.07 Å². The van der Waals surface area contributed by atoms with Gasteiger partial charge in [-0.05, 0) is 25.0 Å². The molecule has 1 aromatic heterocycles. The Kier molecular flexibility index (Phi) is 5.14. The van der Waals surface area contributed by atoms with E-state index in [4.69, 9.17) is 9.57 Å². The summed E-state index contributed by atoms with van der Waals surface area (Å²) in [6.07, 6.45) is 2.50. The molecule has 0 spiro atoms. The standard InChI is InChI=1S/C13H20N4O3/c1-17(2)11-7-5-6-10(14-11)15-13(18)16-20-12-8-3-4-9-19-12/h5-7,12H,3-4,8-9H2,1-2H3,(H2,14,15,16,18)/t12-/m1/s1. The molecule has 20 heavy (non-hydrogen) atoms. The van der Waals surface area contributed by atoms with E-state index in [1.165, 1.54) is 0 Å². The van der Waals surface area contributed by atoms with E-state index in [1.807, 2.05) is 31.1 Å². The minimum Gasteiger partial charge on any atom is -0.363 e. The molecule has 1 aliphatic heterocycles. The van der Waals surface area contributed by atoms with Crippen molar-refractivity contribution >= 4 is 17.7 Å². The zero-order valence-corrected chi connectivity index (χ0v) is 11.8. The van der Waals surface area contributed by atoms with Gasteiger partial charge in [-0.25, -0.2) is 20.1 Å². The second-order valence-corrected chi connectivity index (χ2v) is 4.75. The van der Waals surface area contributed by atoms with Crippen LogP contribution in [0.25, 0.3) is 0 Å². The Bertz CT molecular complexity index is 447. The van der Waals surface area contributed by atoms with Crippen molar-refractivity contribution in [3.05, 3.63) is 18.2 Å². The molecule has 1 saturated heterocycles. The van der Waals surface area contributed by atoms with Crippen LogP contribution in [0.4, 0.5) is 16.4 Å². The summed E-state index contributed by atoms with van der Waals surface area (Å²) < 4.78 is 5.34. The molecular formula is C13H20N4O3. The monoisotopic (exact) mass is 280 g/mol. The number of hydrogen-bond donors (Lipinski definition) is 2. The summed E-state index contributed by atoms with van der Waals surface area (Å²) in [5.74, 6) is 1.22. The van der Waals surface area contributed by atoms with E-state index < -0.39 is 6.03 Å². The van der Waals surface area contributed by atoms with Crippen LogP contribution < -0.4 is 15.7 Å². The summed E-state index contributed by atoms with van der Waals surface area (Å²) in [5.41, 5.74) is 2.32. The van der Waals surface area contributed by atoms with Crippen molar-refractivity contribution in [1.29, 1.82) is 0 Å². The van der Waals surface area contributed by atoms with E-state index in [0.717, 1.165) is 25.1 Å². The number of pyridine rings is 1. The summed E-state index contributed by atoms with van der Waals surface area (Å²) >= 11 is 0.